The normalized spacial score (nSPS) is 16.0. The number of halogens is 3. The quantitative estimate of drug-likeness (QED) is 0.713. The Hall–Kier alpha value is -0.800. The Bertz CT molecular complexity index is 196. The van der Waals surface area contributed by atoms with Crippen molar-refractivity contribution < 1.29 is 18.3 Å². The molecule has 2 atom stereocenters. The molecular formula is C8H13F3N2O. The molecule has 0 bridgehead atoms. The lowest BCUT2D eigenvalue weighted by Crippen LogP contribution is -2.39. The zero-order valence-corrected chi connectivity index (χ0v) is 7.80. The van der Waals surface area contributed by atoms with E-state index in [1.165, 1.54) is 6.07 Å². The van der Waals surface area contributed by atoms with Crippen molar-refractivity contribution in [3.05, 3.63) is 0 Å². The molecule has 0 radical (unpaired) electrons. The molecule has 0 heterocycles. The van der Waals surface area contributed by atoms with Crippen molar-refractivity contribution in [3.63, 3.8) is 0 Å². The van der Waals surface area contributed by atoms with Gasteiger partial charge in [0, 0.05) is 12.6 Å². The summed E-state index contributed by atoms with van der Waals surface area (Å²) < 4.78 is 36.2. The smallest absolute Gasteiger partial charge is 0.395 e. The van der Waals surface area contributed by atoms with Crippen LogP contribution in [-0.4, -0.2) is 30.5 Å². The zero-order chi connectivity index (χ0) is 11.2. The van der Waals surface area contributed by atoms with Gasteiger partial charge < -0.3 is 10.4 Å². The Morgan fingerprint density at radius 1 is 1.50 bits per heavy atom. The average Bonchev–Trinajstić information content (AvgIpc) is 2.10. The van der Waals surface area contributed by atoms with E-state index >= 15 is 0 Å². The minimum atomic E-state index is -4.50. The van der Waals surface area contributed by atoms with Gasteiger partial charge in [0.05, 0.1) is 12.7 Å². The summed E-state index contributed by atoms with van der Waals surface area (Å²) in [5.41, 5.74) is 0. The Labute approximate surface area is 80.5 Å². The fraction of sp³-hybridized carbons (Fsp3) is 0.875. The van der Waals surface area contributed by atoms with Crippen LogP contribution < -0.4 is 5.32 Å². The van der Waals surface area contributed by atoms with Gasteiger partial charge in [0.2, 0.25) is 0 Å². The minimum absolute atomic E-state index is 0.230. The van der Waals surface area contributed by atoms with Gasteiger partial charge in [0.25, 0.3) is 0 Å². The first-order chi connectivity index (χ1) is 6.45. The fourth-order valence-corrected chi connectivity index (χ4v) is 0.857. The van der Waals surface area contributed by atoms with Crippen molar-refractivity contribution in [2.45, 2.75) is 25.6 Å². The summed E-state index contributed by atoms with van der Waals surface area (Å²) >= 11 is 0. The summed E-state index contributed by atoms with van der Waals surface area (Å²) in [4.78, 5) is 0. The predicted molar refractivity (Wildman–Crippen MR) is 44.3 cm³/mol. The first-order valence-corrected chi connectivity index (χ1v) is 4.26. The van der Waals surface area contributed by atoms with E-state index in [1.807, 2.05) is 0 Å². The predicted octanol–water partition coefficient (Wildman–Crippen LogP) is 1.05. The molecule has 0 aromatic heterocycles. The number of nitrogens with zero attached hydrogens (tertiary/aromatic N) is 1. The molecule has 2 unspecified atom stereocenters. The van der Waals surface area contributed by atoms with Gasteiger partial charge in [-0.1, -0.05) is 6.92 Å². The molecule has 0 rings (SSSR count). The lowest BCUT2D eigenvalue weighted by molar-refractivity contribution is -0.158. The maximum atomic E-state index is 12.1. The van der Waals surface area contributed by atoms with Crippen LogP contribution in [-0.2, 0) is 0 Å². The Morgan fingerprint density at radius 3 is 2.36 bits per heavy atom. The van der Waals surface area contributed by atoms with E-state index in [4.69, 9.17) is 10.4 Å². The van der Waals surface area contributed by atoms with E-state index in [9.17, 15) is 13.2 Å². The molecular weight excluding hydrogens is 197 g/mol. The Kier molecular flexibility index (Phi) is 5.50. The second-order valence-electron chi connectivity index (χ2n) is 2.92. The van der Waals surface area contributed by atoms with Crippen molar-refractivity contribution in [2.24, 2.45) is 5.92 Å². The molecule has 82 valence electrons. The summed E-state index contributed by atoms with van der Waals surface area (Å²) in [7, 11) is 0. The molecule has 0 aliphatic heterocycles. The van der Waals surface area contributed by atoms with Crippen LogP contribution in [0.1, 0.15) is 13.3 Å². The number of aliphatic hydroxyl groups excluding tert-OH is 1. The van der Waals surface area contributed by atoms with Crippen LogP contribution in [0.4, 0.5) is 13.2 Å². The molecule has 0 aromatic carbocycles. The molecule has 0 aliphatic carbocycles. The summed E-state index contributed by atoms with van der Waals surface area (Å²) in [5, 5.41) is 19.4. The van der Waals surface area contributed by atoms with E-state index in [0.29, 0.717) is 6.42 Å². The summed E-state index contributed by atoms with van der Waals surface area (Å²) in [5.74, 6) is -2.01. The van der Waals surface area contributed by atoms with Crippen molar-refractivity contribution in [1.82, 2.24) is 5.32 Å². The van der Waals surface area contributed by atoms with Crippen LogP contribution in [0, 0.1) is 17.2 Å². The van der Waals surface area contributed by atoms with Crippen molar-refractivity contribution in [2.75, 3.05) is 13.2 Å². The lowest BCUT2D eigenvalue weighted by Gasteiger charge is -2.18. The van der Waals surface area contributed by atoms with Crippen LogP contribution in [0.15, 0.2) is 0 Å². The van der Waals surface area contributed by atoms with Crippen LogP contribution in [0.5, 0.6) is 0 Å². The fourth-order valence-electron chi connectivity index (χ4n) is 0.857. The molecule has 0 saturated carbocycles. The topological polar surface area (TPSA) is 56.0 Å². The highest BCUT2D eigenvalue weighted by Gasteiger charge is 2.39. The molecule has 0 spiro atoms. The van der Waals surface area contributed by atoms with Gasteiger partial charge in [0.15, 0.2) is 5.92 Å². The number of nitriles is 1. The van der Waals surface area contributed by atoms with Crippen molar-refractivity contribution >= 4 is 0 Å². The summed E-state index contributed by atoms with van der Waals surface area (Å²) in [6.07, 6.45) is -3.98. The molecule has 3 nitrogen and oxygen atoms in total. The third kappa shape index (κ3) is 4.44. The largest absolute Gasteiger partial charge is 0.405 e. The van der Waals surface area contributed by atoms with Gasteiger partial charge in [-0.05, 0) is 6.42 Å². The summed E-state index contributed by atoms with van der Waals surface area (Å²) in [6, 6.07) is 0.795. The van der Waals surface area contributed by atoms with E-state index in [2.05, 4.69) is 5.32 Å². The first kappa shape index (κ1) is 13.2. The number of hydrogen-bond donors (Lipinski definition) is 2. The third-order valence-corrected chi connectivity index (χ3v) is 1.87. The second kappa shape index (κ2) is 5.83. The number of alkyl halides is 3. The van der Waals surface area contributed by atoms with Gasteiger partial charge >= 0.3 is 6.18 Å². The van der Waals surface area contributed by atoms with Crippen LogP contribution in [0.25, 0.3) is 0 Å². The minimum Gasteiger partial charge on any atom is -0.395 e. The van der Waals surface area contributed by atoms with Gasteiger partial charge in [0.1, 0.15) is 0 Å². The van der Waals surface area contributed by atoms with Gasteiger partial charge in [-0.2, -0.15) is 18.4 Å². The number of nitrogens with one attached hydrogen (secondary N) is 1. The maximum absolute atomic E-state index is 12.1. The molecule has 6 heteroatoms. The summed E-state index contributed by atoms with van der Waals surface area (Å²) in [6.45, 7) is 1.04. The first-order valence-electron chi connectivity index (χ1n) is 4.26. The second-order valence-corrected chi connectivity index (χ2v) is 2.92. The highest BCUT2D eigenvalue weighted by molar-refractivity contribution is 4.90. The SMILES string of the molecule is CCC(CO)NCC(C#N)C(F)(F)F. The molecule has 14 heavy (non-hydrogen) atoms. The van der Waals surface area contributed by atoms with E-state index in [-0.39, 0.29) is 12.6 Å². The van der Waals surface area contributed by atoms with E-state index < -0.39 is 18.6 Å². The molecule has 0 amide bonds. The third-order valence-electron chi connectivity index (χ3n) is 1.87. The number of rotatable bonds is 5. The van der Waals surface area contributed by atoms with Gasteiger partial charge in [-0.15, -0.1) is 0 Å². The van der Waals surface area contributed by atoms with Crippen LogP contribution in [0.2, 0.25) is 0 Å². The highest BCUT2D eigenvalue weighted by atomic mass is 19.4. The van der Waals surface area contributed by atoms with Gasteiger partial charge in [-0.25, -0.2) is 0 Å². The zero-order valence-electron chi connectivity index (χ0n) is 7.80. The van der Waals surface area contributed by atoms with Crippen LogP contribution >= 0.6 is 0 Å². The molecule has 0 aliphatic rings. The number of aliphatic hydroxyl groups is 1. The highest BCUT2D eigenvalue weighted by Crippen LogP contribution is 2.24. The molecule has 0 aromatic rings. The molecule has 0 fully saturated rings. The monoisotopic (exact) mass is 210 g/mol. The lowest BCUT2D eigenvalue weighted by atomic mass is 10.1. The standard InChI is InChI=1S/C8H13F3N2O/c1-2-7(5-14)13-4-6(3-12)8(9,10)11/h6-7,13-14H,2,4-5H2,1H3. The number of hydrogen-bond acceptors (Lipinski definition) is 3. The van der Waals surface area contributed by atoms with Crippen LogP contribution in [0.3, 0.4) is 0 Å². The van der Waals surface area contributed by atoms with Gasteiger partial charge in [-0.3, -0.25) is 0 Å². The van der Waals surface area contributed by atoms with Crippen molar-refractivity contribution in [1.29, 1.82) is 5.26 Å². The Balaban J connectivity index is 4.04. The van der Waals surface area contributed by atoms with E-state index in [1.54, 1.807) is 6.92 Å². The van der Waals surface area contributed by atoms with E-state index in [0.717, 1.165) is 0 Å². The molecule has 2 N–H and O–H groups in total. The Morgan fingerprint density at radius 2 is 2.07 bits per heavy atom. The van der Waals surface area contributed by atoms with Crippen molar-refractivity contribution in [3.8, 4) is 6.07 Å². The molecule has 0 saturated heterocycles. The maximum Gasteiger partial charge on any atom is 0.405 e. The average molecular weight is 210 g/mol.